The monoisotopic (exact) mass is 476 g/mol. The number of morpholine rings is 1. The quantitative estimate of drug-likeness (QED) is 0.526. The summed E-state index contributed by atoms with van der Waals surface area (Å²) < 4.78 is 58.2. The number of alkyl halides is 3. The Morgan fingerprint density at radius 3 is 2.62 bits per heavy atom. The van der Waals surface area contributed by atoms with E-state index in [1.807, 2.05) is 0 Å². The average molecular weight is 476 g/mol. The van der Waals surface area contributed by atoms with Crippen molar-refractivity contribution in [3.63, 3.8) is 0 Å². The molecule has 34 heavy (non-hydrogen) atoms. The van der Waals surface area contributed by atoms with Crippen LogP contribution in [-0.4, -0.2) is 47.2 Å². The molecule has 2 aromatic heterocycles. The second-order valence-corrected chi connectivity index (χ2v) is 7.37. The van der Waals surface area contributed by atoms with E-state index in [4.69, 9.17) is 4.74 Å². The lowest BCUT2D eigenvalue weighted by atomic mass is 10.2. The first kappa shape index (κ1) is 23.4. The molecule has 12 heteroatoms. The van der Waals surface area contributed by atoms with Crippen LogP contribution in [0.2, 0.25) is 0 Å². The fourth-order valence-electron chi connectivity index (χ4n) is 3.30. The molecule has 1 fully saturated rings. The number of rotatable bonds is 6. The van der Waals surface area contributed by atoms with Gasteiger partial charge in [-0.1, -0.05) is 6.07 Å². The maximum absolute atomic E-state index is 14.2. The molecule has 1 aliphatic rings. The molecule has 0 aliphatic carbocycles. The molecule has 0 radical (unpaired) electrons. The zero-order valence-electron chi connectivity index (χ0n) is 17.8. The minimum absolute atomic E-state index is 0.0347. The number of nitrogens with one attached hydrogen (secondary N) is 2. The third-order valence-corrected chi connectivity index (χ3v) is 4.96. The Bertz CT molecular complexity index is 1170. The topological polar surface area (TPSA) is 92.3 Å². The maximum atomic E-state index is 14.2. The van der Waals surface area contributed by atoms with Crippen LogP contribution in [-0.2, 0) is 17.5 Å². The van der Waals surface area contributed by atoms with Crippen LogP contribution >= 0.6 is 0 Å². The first-order valence-corrected chi connectivity index (χ1v) is 10.3. The molecule has 0 atom stereocenters. The van der Waals surface area contributed by atoms with Gasteiger partial charge in [-0.3, -0.25) is 9.78 Å². The van der Waals surface area contributed by atoms with Crippen LogP contribution in [0.25, 0.3) is 0 Å². The molecule has 0 saturated carbocycles. The number of anilines is 3. The number of amides is 1. The van der Waals surface area contributed by atoms with E-state index < -0.39 is 23.5 Å². The average Bonchev–Trinajstić information content (AvgIpc) is 2.84. The molecule has 1 aromatic carbocycles. The summed E-state index contributed by atoms with van der Waals surface area (Å²) in [5, 5.41) is 5.45. The Balaban J connectivity index is 1.41. The summed E-state index contributed by atoms with van der Waals surface area (Å²) in [4.78, 5) is 26.4. The second-order valence-electron chi connectivity index (χ2n) is 7.37. The zero-order chi connectivity index (χ0) is 24.1. The van der Waals surface area contributed by atoms with E-state index >= 15 is 0 Å². The SMILES string of the molecule is O=C(NCc1ncc(F)c(N2CCOCC2)n1)c1cc(Nc2cccc(C(F)(F)F)c2)ccn1. The van der Waals surface area contributed by atoms with E-state index in [0.29, 0.717) is 32.0 Å². The Morgan fingerprint density at radius 2 is 1.85 bits per heavy atom. The Labute approximate surface area is 192 Å². The first-order valence-electron chi connectivity index (χ1n) is 10.3. The van der Waals surface area contributed by atoms with Crippen molar-refractivity contribution in [2.75, 3.05) is 36.5 Å². The van der Waals surface area contributed by atoms with Gasteiger partial charge in [0.2, 0.25) is 0 Å². The van der Waals surface area contributed by atoms with Crippen molar-refractivity contribution in [3.05, 3.63) is 71.7 Å². The van der Waals surface area contributed by atoms with Crippen LogP contribution < -0.4 is 15.5 Å². The molecule has 4 rings (SSSR count). The van der Waals surface area contributed by atoms with Gasteiger partial charge in [-0.15, -0.1) is 0 Å². The number of benzene rings is 1. The van der Waals surface area contributed by atoms with Gasteiger partial charge in [-0.25, -0.2) is 14.4 Å². The zero-order valence-corrected chi connectivity index (χ0v) is 17.8. The van der Waals surface area contributed by atoms with Gasteiger partial charge in [0.05, 0.1) is 31.5 Å². The van der Waals surface area contributed by atoms with Crippen LogP contribution in [0.3, 0.4) is 0 Å². The summed E-state index contributed by atoms with van der Waals surface area (Å²) in [7, 11) is 0. The largest absolute Gasteiger partial charge is 0.416 e. The molecule has 1 amide bonds. The highest BCUT2D eigenvalue weighted by molar-refractivity contribution is 5.93. The van der Waals surface area contributed by atoms with Gasteiger partial charge >= 0.3 is 6.18 Å². The summed E-state index contributed by atoms with van der Waals surface area (Å²) in [5.41, 5.74) is -0.164. The van der Waals surface area contributed by atoms with Gasteiger partial charge in [-0.05, 0) is 30.3 Å². The molecule has 178 valence electrons. The van der Waals surface area contributed by atoms with E-state index in [0.717, 1.165) is 18.3 Å². The van der Waals surface area contributed by atoms with Gasteiger partial charge in [0.25, 0.3) is 5.91 Å². The molecule has 3 aromatic rings. The lowest BCUT2D eigenvalue weighted by Crippen LogP contribution is -2.37. The predicted octanol–water partition coefficient (Wildman–Crippen LogP) is 3.54. The number of aromatic nitrogens is 3. The van der Waals surface area contributed by atoms with Crippen LogP contribution in [0.1, 0.15) is 21.9 Å². The van der Waals surface area contributed by atoms with Gasteiger partial charge in [0.1, 0.15) is 11.5 Å². The van der Waals surface area contributed by atoms with Crippen molar-refractivity contribution < 1.29 is 27.1 Å². The van der Waals surface area contributed by atoms with Gasteiger partial charge in [0.15, 0.2) is 11.6 Å². The van der Waals surface area contributed by atoms with E-state index in [1.165, 1.54) is 30.5 Å². The number of hydrogen-bond donors (Lipinski definition) is 2. The predicted molar refractivity (Wildman–Crippen MR) is 115 cm³/mol. The molecule has 0 spiro atoms. The van der Waals surface area contributed by atoms with E-state index in [2.05, 4.69) is 25.6 Å². The molecule has 1 aliphatic heterocycles. The minimum atomic E-state index is -4.47. The number of pyridine rings is 1. The van der Waals surface area contributed by atoms with Crippen LogP contribution in [0.4, 0.5) is 34.8 Å². The third kappa shape index (κ3) is 5.76. The number of halogens is 4. The summed E-state index contributed by atoms with van der Waals surface area (Å²) >= 11 is 0. The normalized spacial score (nSPS) is 14.1. The number of ether oxygens (including phenoxy) is 1. The fraction of sp³-hybridized carbons (Fsp3) is 0.273. The van der Waals surface area contributed by atoms with Crippen molar-refractivity contribution in [2.45, 2.75) is 12.7 Å². The molecular formula is C22H20F4N6O2. The molecule has 0 bridgehead atoms. The highest BCUT2D eigenvalue weighted by Gasteiger charge is 2.30. The molecule has 2 N–H and O–H groups in total. The number of hydrogen-bond acceptors (Lipinski definition) is 7. The molecule has 3 heterocycles. The van der Waals surface area contributed by atoms with E-state index in [-0.39, 0.29) is 29.6 Å². The van der Waals surface area contributed by atoms with Crippen molar-refractivity contribution in [1.29, 1.82) is 0 Å². The molecule has 1 saturated heterocycles. The van der Waals surface area contributed by atoms with Gasteiger partial charge in [-0.2, -0.15) is 13.2 Å². The highest BCUT2D eigenvalue weighted by Crippen LogP contribution is 2.31. The second kappa shape index (κ2) is 10.00. The summed E-state index contributed by atoms with van der Waals surface area (Å²) in [6, 6.07) is 7.63. The van der Waals surface area contributed by atoms with Crippen LogP contribution in [0.5, 0.6) is 0 Å². The van der Waals surface area contributed by atoms with Crippen LogP contribution in [0.15, 0.2) is 48.8 Å². The Kier molecular flexibility index (Phi) is 6.87. The lowest BCUT2D eigenvalue weighted by Gasteiger charge is -2.28. The van der Waals surface area contributed by atoms with Crippen LogP contribution in [0, 0.1) is 5.82 Å². The van der Waals surface area contributed by atoms with Crippen molar-refractivity contribution in [3.8, 4) is 0 Å². The van der Waals surface area contributed by atoms with E-state index in [9.17, 15) is 22.4 Å². The smallest absolute Gasteiger partial charge is 0.378 e. The van der Waals surface area contributed by atoms with Crippen molar-refractivity contribution >= 4 is 23.1 Å². The molecule has 8 nitrogen and oxygen atoms in total. The van der Waals surface area contributed by atoms with Crippen molar-refractivity contribution in [1.82, 2.24) is 20.3 Å². The fourth-order valence-corrected chi connectivity index (χ4v) is 3.30. The van der Waals surface area contributed by atoms with Gasteiger partial charge in [0, 0.05) is 30.7 Å². The number of carbonyl (C=O) groups is 1. The summed E-state index contributed by atoms with van der Waals surface area (Å²) in [6.07, 6.45) is -2.06. The van der Waals surface area contributed by atoms with Gasteiger partial charge < -0.3 is 20.3 Å². The summed E-state index contributed by atoms with van der Waals surface area (Å²) in [5.74, 6) is -0.747. The third-order valence-electron chi connectivity index (χ3n) is 4.96. The summed E-state index contributed by atoms with van der Waals surface area (Å²) in [6.45, 7) is 1.85. The lowest BCUT2D eigenvalue weighted by molar-refractivity contribution is -0.137. The first-order chi connectivity index (χ1) is 16.3. The Hall–Kier alpha value is -3.80. The molecule has 0 unspecified atom stereocenters. The standard InChI is InChI=1S/C22H20F4N6O2/c23-17-12-28-19(31-20(17)32-6-8-34-9-7-32)13-29-21(33)18-11-16(4-5-27-18)30-15-3-1-2-14(10-15)22(24,25)26/h1-5,10-12H,6-9,13H2,(H,27,30)(H,29,33). The highest BCUT2D eigenvalue weighted by atomic mass is 19.4. The maximum Gasteiger partial charge on any atom is 0.416 e. The van der Waals surface area contributed by atoms with Crippen molar-refractivity contribution in [2.24, 2.45) is 0 Å². The molecular weight excluding hydrogens is 456 g/mol. The van der Waals surface area contributed by atoms with E-state index in [1.54, 1.807) is 4.90 Å². The minimum Gasteiger partial charge on any atom is -0.378 e. The Morgan fingerprint density at radius 1 is 1.09 bits per heavy atom. The number of carbonyl (C=O) groups excluding carboxylic acids is 1. The number of nitrogens with zero attached hydrogens (tertiary/aromatic N) is 4.